The Morgan fingerprint density at radius 2 is 2.00 bits per heavy atom. The van der Waals surface area contributed by atoms with Crippen molar-refractivity contribution in [1.82, 2.24) is 4.90 Å². The quantitative estimate of drug-likeness (QED) is 0.841. The third kappa shape index (κ3) is 3.95. The van der Waals surface area contributed by atoms with E-state index in [1.54, 1.807) is 0 Å². The lowest BCUT2D eigenvalue weighted by molar-refractivity contribution is -0.137. The van der Waals surface area contributed by atoms with Crippen LogP contribution < -0.4 is 0 Å². The van der Waals surface area contributed by atoms with Crippen molar-refractivity contribution in [3.63, 3.8) is 0 Å². The predicted octanol–water partition coefficient (Wildman–Crippen LogP) is 2.19. The number of alkyl halides is 3. The van der Waals surface area contributed by atoms with E-state index in [2.05, 4.69) is 0 Å². The molecule has 1 aromatic rings. The number of ether oxygens (including phenoxy) is 2. The predicted molar refractivity (Wildman–Crippen MR) is 69.0 cm³/mol. The van der Waals surface area contributed by atoms with Crippen LogP contribution in [0.1, 0.15) is 15.9 Å². The number of methoxy groups -OCH3 is 1. The molecule has 1 heterocycles. The molecule has 0 spiro atoms. The Morgan fingerprint density at radius 3 is 2.57 bits per heavy atom. The van der Waals surface area contributed by atoms with Crippen LogP contribution in [-0.2, 0) is 15.7 Å². The third-order valence-corrected chi connectivity index (χ3v) is 3.31. The Kier molecular flexibility index (Phi) is 4.84. The second-order valence-electron chi connectivity index (χ2n) is 4.76. The molecule has 4 nitrogen and oxygen atoms in total. The minimum absolute atomic E-state index is 0.222. The number of carbonyl (C=O) groups is 1. The van der Waals surface area contributed by atoms with Crippen molar-refractivity contribution in [1.29, 1.82) is 0 Å². The number of nitrogens with zero attached hydrogens (tertiary/aromatic N) is 1. The molecule has 7 heteroatoms. The molecule has 0 aliphatic carbocycles. The van der Waals surface area contributed by atoms with Crippen LogP contribution in [0.4, 0.5) is 13.2 Å². The van der Waals surface area contributed by atoms with Gasteiger partial charge in [-0.05, 0) is 24.3 Å². The average Bonchev–Trinajstić information content (AvgIpc) is 2.71. The van der Waals surface area contributed by atoms with Crippen molar-refractivity contribution in [3.05, 3.63) is 35.4 Å². The lowest BCUT2D eigenvalue weighted by atomic mass is 10.1. The van der Waals surface area contributed by atoms with Gasteiger partial charge < -0.3 is 14.4 Å². The first-order valence-corrected chi connectivity index (χ1v) is 6.49. The zero-order chi connectivity index (χ0) is 15.5. The smallest absolute Gasteiger partial charge is 0.377 e. The molecule has 1 saturated heterocycles. The summed E-state index contributed by atoms with van der Waals surface area (Å²) in [7, 11) is 1.53. The van der Waals surface area contributed by atoms with Gasteiger partial charge in [-0.3, -0.25) is 4.79 Å². The fourth-order valence-electron chi connectivity index (χ4n) is 2.09. The number of amides is 1. The van der Waals surface area contributed by atoms with Gasteiger partial charge in [-0.25, -0.2) is 0 Å². The zero-order valence-corrected chi connectivity index (χ0v) is 11.5. The van der Waals surface area contributed by atoms with E-state index < -0.39 is 11.7 Å². The van der Waals surface area contributed by atoms with Gasteiger partial charge in [0, 0.05) is 25.8 Å². The molecule has 116 valence electrons. The summed E-state index contributed by atoms with van der Waals surface area (Å²) in [5.41, 5.74) is -0.548. The fraction of sp³-hybridized carbons (Fsp3) is 0.500. The first kappa shape index (κ1) is 15.8. The molecule has 1 aromatic carbocycles. The Balaban J connectivity index is 2.11. The van der Waals surface area contributed by atoms with Crippen molar-refractivity contribution in [2.75, 3.05) is 33.4 Å². The van der Waals surface area contributed by atoms with E-state index >= 15 is 0 Å². The van der Waals surface area contributed by atoms with E-state index in [9.17, 15) is 18.0 Å². The molecular weight excluding hydrogens is 287 g/mol. The van der Waals surface area contributed by atoms with Crippen molar-refractivity contribution in [2.24, 2.45) is 0 Å². The highest BCUT2D eigenvalue weighted by atomic mass is 19.4. The second kappa shape index (κ2) is 6.44. The molecule has 1 aliphatic heterocycles. The van der Waals surface area contributed by atoms with Crippen molar-refractivity contribution >= 4 is 5.91 Å². The lowest BCUT2D eigenvalue weighted by Gasteiger charge is -2.23. The monoisotopic (exact) mass is 303 g/mol. The van der Waals surface area contributed by atoms with Gasteiger partial charge in [0.1, 0.15) is 0 Å². The van der Waals surface area contributed by atoms with Crippen molar-refractivity contribution < 1.29 is 27.4 Å². The largest absolute Gasteiger partial charge is 0.416 e. The number of benzene rings is 1. The number of hydrogen-bond donors (Lipinski definition) is 0. The standard InChI is InChI=1S/C14H16F3NO3/c1-20-12-8-18(6-7-21-9-12)13(19)10-2-4-11(5-3-10)14(15,16)17/h2-5,12H,6-9H2,1H3. The summed E-state index contributed by atoms with van der Waals surface area (Å²) in [5, 5.41) is 0. The molecule has 0 bridgehead atoms. The molecule has 1 atom stereocenters. The van der Waals surface area contributed by atoms with E-state index in [4.69, 9.17) is 9.47 Å². The first-order valence-electron chi connectivity index (χ1n) is 6.49. The van der Waals surface area contributed by atoms with Crippen LogP contribution >= 0.6 is 0 Å². The minimum atomic E-state index is -4.40. The summed E-state index contributed by atoms with van der Waals surface area (Å²) in [6.07, 6.45) is -4.63. The normalized spacial score (nSPS) is 20.2. The molecule has 1 amide bonds. The summed E-state index contributed by atoms with van der Waals surface area (Å²) >= 11 is 0. The molecule has 1 unspecified atom stereocenters. The molecule has 2 rings (SSSR count). The summed E-state index contributed by atoms with van der Waals surface area (Å²) in [6.45, 7) is 1.52. The highest BCUT2D eigenvalue weighted by Crippen LogP contribution is 2.29. The summed E-state index contributed by atoms with van der Waals surface area (Å²) < 4.78 is 48.0. The van der Waals surface area contributed by atoms with Gasteiger partial charge in [0.25, 0.3) is 5.91 Å². The Bertz CT molecular complexity index is 487. The van der Waals surface area contributed by atoms with Gasteiger partial charge in [0.15, 0.2) is 0 Å². The van der Waals surface area contributed by atoms with E-state index in [1.165, 1.54) is 24.1 Å². The van der Waals surface area contributed by atoms with Crippen molar-refractivity contribution in [3.8, 4) is 0 Å². The molecule has 0 N–H and O–H groups in total. The highest BCUT2D eigenvalue weighted by molar-refractivity contribution is 5.94. The maximum Gasteiger partial charge on any atom is 0.416 e. The molecule has 1 fully saturated rings. The van der Waals surface area contributed by atoms with Crippen molar-refractivity contribution in [2.45, 2.75) is 12.3 Å². The Labute approximate surface area is 120 Å². The van der Waals surface area contributed by atoms with Gasteiger partial charge >= 0.3 is 6.18 Å². The third-order valence-electron chi connectivity index (χ3n) is 3.31. The Morgan fingerprint density at radius 1 is 1.33 bits per heavy atom. The summed E-state index contributed by atoms with van der Waals surface area (Å²) in [6, 6.07) is 4.21. The van der Waals surface area contributed by atoms with E-state index in [0.29, 0.717) is 26.3 Å². The van der Waals surface area contributed by atoms with Gasteiger partial charge in [-0.2, -0.15) is 13.2 Å². The maximum absolute atomic E-state index is 12.5. The van der Waals surface area contributed by atoms with Gasteiger partial charge in [-0.1, -0.05) is 0 Å². The van der Waals surface area contributed by atoms with Gasteiger partial charge in [0.2, 0.25) is 0 Å². The van der Waals surface area contributed by atoms with Crippen LogP contribution in [0.25, 0.3) is 0 Å². The molecule has 21 heavy (non-hydrogen) atoms. The van der Waals surface area contributed by atoms with Gasteiger partial charge in [0.05, 0.1) is 24.9 Å². The average molecular weight is 303 g/mol. The van der Waals surface area contributed by atoms with E-state index in [-0.39, 0.29) is 17.6 Å². The van der Waals surface area contributed by atoms with Crippen LogP contribution in [0.15, 0.2) is 24.3 Å². The minimum Gasteiger partial charge on any atom is -0.377 e. The number of hydrogen-bond acceptors (Lipinski definition) is 3. The molecular formula is C14H16F3NO3. The molecule has 0 aromatic heterocycles. The molecule has 0 radical (unpaired) electrons. The fourth-order valence-corrected chi connectivity index (χ4v) is 2.09. The summed E-state index contributed by atoms with van der Waals surface area (Å²) in [5.74, 6) is -0.323. The highest BCUT2D eigenvalue weighted by Gasteiger charge is 2.30. The maximum atomic E-state index is 12.5. The SMILES string of the molecule is COC1COCCN(C(=O)c2ccc(C(F)(F)F)cc2)C1. The lowest BCUT2D eigenvalue weighted by Crippen LogP contribution is -2.38. The van der Waals surface area contributed by atoms with Crippen LogP contribution in [0, 0.1) is 0 Å². The number of rotatable bonds is 2. The van der Waals surface area contributed by atoms with Crippen LogP contribution in [0.5, 0.6) is 0 Å². The van der Waals surface area contributed by atoms with Crippen LogP contribution in [0.2, 0.25) is 0 Å². The van der Waals surface area contributed by atoms with Gasteiger partial charge in [-0.15, -0.1) is 0 Å². The summed E-state index contributed by atoms with van der Waals surface area (Å²) in [4.78, 5) is 13.8. The van der Waals surface area contributed by atoms with Crippen LogP contribution in [-0.4, -0.2) is 50.3 Å². The first-order chi connectivity index (χ1) is 9.91. The number of halogens is 3. The molecule has 1 aliphatic rings. The zero-order valence-electron chi connectivity index (χ0n) is 11.5. The van der Waals surface area contributed by atoms with E-state index in [0.717, 1.165) is 12.1 Å². The topological polar surface area (TPSA) is 38.8 Å². The second-order valence-corrected chi connectivity index (χ2v) is 4.76. The molecule has 0 saturated carbocycles. The number of carbonyl (C=O) groups excluding carboxylic acids is 1. The van der Waals surface area contributed by atoms with Crippen LogP contribution in [0.3, 0.4) is 0 Å². The van der Waals surface area contributed by atoms with E-state index in [1.807, 2.05) is 0 Å². The Hall–Kier alpha value is -1.60.